The maximum Gasteiger partial charge on any atom is 0.357 e. The summed E-state index contributed by atoms with van der Waals surface area (Å²) in [4.78, 5) is 22.2. The van der Waals surface area contributed by atoms with Gasteiger partial charge in [0, 0.05) is 6.92 Å². The van der Waals surface area contributed by atoms with E-state index in [4.69, 9.17) is 4.74 Å². The molecule has 1 atom stereocenters. The molecule has 0 spiro atoms. The lowest BCUT2D eigenvalue weighted by molar-refractivity contribution is -0.158. The van der Waals surface area contributed by atoms with E-state index in [0.717, 1.165) is 18.6 Å². The van der Waals surface area contributed by atoms with Crippen LogP contribution in [0.15, 0.2) is 0 Å². The fourth-order valence-corrected chi connectivity index (χ4v) is 2.49. The summed E-state index contributed by atoms with van der Waals surface area (Å²) < 4.78 is 9.48. The van der Waals surface area contributed by atoms with E-state index in [1.807, 2.05) is 0 Å². The molecule has 0 N–H and O–H groups in total. The molecule has 18 heavy (non-hydrogen) atoms. The summed E-state index contributed by atoms with van der Waals surface area (Å²) in [7, 11) is 1.30. The van der Waals surface area contributed by atoms with E-state index in [1.54, 1.807) is 0 Å². The van der Waals surface area contributed by atoms with Gasteiger partial charge in [-0.1, -0.05) is 39.0 Å². The Bertz CT molecular complexity index is 243. The molecular formula is C13H24O4S. The van der Waals surface area contributed by atoms with Crippen LogP contribution in [-0.4, -0.2) is 30.2 Å². The fourth-order valence-electron chi connectivity index (χ4n) is 1.47. The van der Waals surface area contributed by atoms with Crippen LogP contribution in [0.3, 0.4) is 0 Å². The second kappa shape index (κ2) is 11.4. The van der Waals surface area contributed by atoms with Gasteiger partial charge in [-0.25, -0.2) is 4.79 Å². The lowest BCUT2D eigenvalue weighted by Crippen LogP contribution is -2.24. The van der Waals surface area contributed by atoms with Gasteiger partial charge in [0.15, 0.2) is 0 Å². The summed E-state index contributed by atoms with van der Waals surface area (Å²) in [5.41, 5.74) is -0.817. The zero-order chi connectivity index (χ0) is 13.8. The highest BCUT2D eigenvalue weighted by molar-refractivity contribution is 8.00. The Morgan fingerprint density at radius 1 is 1.11 bits per heavy atom. The minimum Gasteiger partial charge on any atom is -0.466 e. The summed E-state index contributed by atoms with van der Waals surface area (Å²) in [5, 5.41) is 0. The normalized spacial score (nSPS) is 11.9. The van der Waals surface area contributed by atoms with Crippen molar-refractivity contribution >= 4 is 23.7 Å². The van der Waals surface area contributed by atoms with Crippen molar-refractivity contribution in [3.8, 4) is 0 Å². The predicted octanol–water partition coefficient (Wildman–Crippen LogP) is 3.14. The third kappa shape index (κ3) is 9.33. The summed E-state index contributed by atoms with van der Waals surface area (Å²) in [5.74, 6) is -0.152. The van der Waals surface area contributed by atoms with Crippen molar-refractivity contribution in [3.63, 3.8) is 0 Å². The Morgan fingerprint density at radius 2 is 1.72 bits per heavy atom. The number of hydrogen-bond donors (Lipinski definition) is 0. The van der Waals surface area contributed by atoms with E-state index >= 15 is 0 Å². The van der Waals surface area contributed by atoms with Crippen LogP contribution in [0.1, 0.15) is 52.4 Å². The zero-order valence-corrected chi connectivity index (χ0v) is 12.4. The molecule has 0 unspecified atom stereocenters. The molecule has 0 heterocycles. The first-order valence-electron chi connectivity index (χ1n) is 6.48. The SMILES string of the molecule is CCCCCCCCS[C@H](OC(C)=O)C(=O)OC. The quantitative estimate of drug-likeness (QED) is 0.348. The highest BCUT2D eigenvalue weighted by Gasteiger charge is 2.22. The average Bonchev–Trinajstić information content (AvgIpc) is 2.34. The van der Waals surface area contributed by atoms with Crippen molar-refractivity contribution in [1.29, 1.82) is 0 Å². The first kappa shape index (κ1) is 17.3. The predicted molar refractivity (Wildman–Crippen MR) is 73.4 cm³/mol. The summed E-state index contributed by atoms with van der Waals surface area (Å²) in [6, 6.07) is 0. The molecule has 0 saturated heterocycles. The number of hydrogen-bond acceptors (Lipinski definition) is 5. The Kier molecular flexibility index (Phi) is 10.9. The second-order valence-electron chi connectivity index (χ2n) is 4.10. The Labute approximate surface area is 114 Å². The largest absolute Gasteiger partial charge is 0.466 e. The highest BCUT2D eigenvalue weighted by Crippen LogP contribution is 2.17. The molecule has 0 amide bonds. The molecule has 0 aliphatic rings. The van der Waals surface area contributed by atoms with Crippen molar-refractivity contribution in [2.75, 3.05) is 12.9 Å². The van der Waals surface area contributed by atoms with Gasteiger partial charge in [-0.15, -0.1) is 11.8 Å². The second-order valence-corrected chi connectivity index (χ2v) is 5.27. The molecule has 0 fully saturated rings. The molecule has 0 bridgehead atoms. The number of ether oxygens (including phenoxy) is 2. The minimum atomic E-state index is -0.817. The van der Waals surface area contributed by atoms with E-state index in [-0.39, 0.29) is 0 Å². The smallest absolute Gasteiger partial charge is 0.357 e. The Morgan fingerprint density at radius 3 is 2.28 bits per heavy atom. The number of carbonyl (C=O) groups is 2. The third-order valence-electron chi connectivity index (χ3n) is 2.43. The van der Waals surface area contributed by atoms with E-state index in [9.17, 15) is 9.59 Å². The van der Waals surface area contributed by atoms with Gasteiger partial charge in [0.25, 0.3) is 0 Å². The first-order valence-corrected chi connectivity index (χ1v) is 7.53. The molecule has 106 valence electrons. The molecule has 0 aliphatic heterocycles. The molecule has 5 heteroatoms. The maximum absolute atomic E-state index is 11.3. The molecule has 0 rings (SSSR count). The molecule has 0 saturated carbocycles. The Balaban J connectivity index is 3.69. The lowest BCUT2D eigenvalue weighted by Gasteiger charge is -2.13. The van der Waals surface area contributed by atoms with E-state index in [0.29, 0.717) is 0 Å². The van der Waals surface area contributed by atoms with Gasteiger partial charge < -0.3 is 9.47 Å². The van der Waals surface area contributed by atoms with E-state index < -0.39 is 17.4 Å². The number of thioether (sulfide) groups is 1. The monoisotopic (exact) mass is 276 g/mol. The first-order chi connectivity index (χ1) is 8.61. The number of carbonyl (C=O) groups excluding carboxylic acids is 2. The van der Waals surface area contributed by atoms with Crippen LogP contribution in [0.5, 0.6) is 0 Å². The number of rotatable bonds is 10. The van der Waals surface area contributed by atoms with Crippen LogP contribution in [-0.2, 0) is 19.1 Å². The average molecular weight is 276 g/mol. The van der Waals surface area contributed by atoms with Gasteiger partial charge in [-0.3, -0.25) is 4.79 Å². The van der Waals surface area contributed by atoms with Gasteiger partial charge in [-0.2, -0.15) is 0 Å². The number of esters is 2. The number of unbranched alkanes of at least 4 members (excludes halogenated alkanes) is 5. The van der Waals surface area contributed by atoms with Crippen molar-refractivity contribution in [1.82, 2.24) is 0 Å². The molecule has 0 aromatic rings. The zero-order valence-electron chi connectivity index (χ0n) is 11.6. The highest BCUT2D eigenvalue weighted by atomic mass is 32.2. The van der Waals surface area contributed by atoms with E-state index in [2.05, 4.69) is 11.7 Å². The summed E-state index contributed by atoms with van der Waals surface area (Å²) >= 11 is 1.33. The Hall–Kier alpha value is -0.710. The molecule has 0 aromatic heterocycles. The van der Waals surface area contributed by atoms with Gasteiger partial charge in [0.1, 0.15) is 0 Å². The van der Waals surface area contributed by atoms with Crippen molar-refractivity contribution in [3.05, 3.63) is 0 Å². The summed E-state index contributed by atoms with van der Waals surface area (Å²) in [6.45, 7) is 3.48. The van der Waals surface area contributed by atoms with Crippen LogP contribution >= 0.6 is 11.8 Å². The maximum atomic E-state index is 11.3. The van der Waals surface area contributed by atoms with Crippen LogP contribution in [0.4, 0.5) is 0 Å². The molecule has 4 nitrogen and oxygen atoms in total. The van der Waals surface area contributed by atoms with Gasteiger partial charge in [0.2, 0.25) is 5.44 Å². The molecule has 0 aromatic carbocycles. The molecule has 0 aliphatic carbocycles. The molecule has 0 radical (unpaired) electrons. The van der Waals surface area contributed by atoms with Gasteiger partial charge in [-0.05, 0) is 12.2 Å². The van der Waals surface area contributed by atoms with Gasteiger partial charge in [0.05, 0.1) is 7.11 Å². The van der Waals surface area contributed by atoms with Crippen LogP contribution in [0.2, 0.25) is 0 Å². The lowest BCUT2D eigenvalue weighted by atomic mass is 10.1. The molecular weight excluding hydrogens is 252 g/mol. The number of methoxy groups -OCH3 is 1. The third-order valence-corrected chi connectivity index (χ3v) is 3.55. The van der Waals surface area contributed by atoms with Crippen LogP contribution in [0, 0.1) is 0 Å². The van der Waals surface area contributed by atoms with Crippen LogP contribution < -0.4 is 0 Å². The van der Waals surface area contributed by atoms with Crippen molar-refractivity contribution < 1.29 is 19.1 Å². The topological polar surface area (TPSA) is 52.6 Å². The summed E-state index contributed by atoms with van der Waals surface area (Å²) in [6.07, 6.45) is 7.21. The van der Waals surface area contributed by atoms with Gasteiger partial charge >= 0.3 is 11.9 Å². The minimum absolute atomic E-state index is 0.458. The van der Waals surface area contributed by atoms with E-state index in [1.165, 1.54) is 51.5 Å². The van der Waals surface area contributed by atoms with Crippen molar-refractivity contribution in [2.45, 2.75) is 57.8 Å². The standard InChI is InChI=1S/C13H24O4S/c1-4-5-6-7-8-9-10-18-13(12(15)16-3)17-11(2)14/h13H,4-10H2,1-3H3/t13-/m0/s1. The fraction of sp³-hybridized carbons (Fsp3) is 0.846. The van der Waals surface area contributed by atoms with Crippen molar-refractivity contribution in [2.24, 2.45) is 0 Å². The van der Waals surface area contributed by atoms with Crippen LogP contribution in [0.25, 0.3) is 0 Å².